The zero-order chi connectivity index (χ0) is 17.3. The Bertz CT molecular complexity index is 719. The van der Waals surface area contributed by atoms with E-state index in [1.807, 2.05) is 7.05 Å². The molecule has 132 valence electrons. The third kappa shape index (κ3) is 3.23. The zero-order valence-corrected chi connectivity index (χ0v) is 15.8. The molecule has 24 heavy (non-hydrogen) atoms. The van der Waals surface area contributed by atoms with Crippen LogP contribution in [0.25, 0.3) is 10.9 Å². The van der Waals surface area contributed by atoms with Gasteiger partial charge < -0.3 is 14.6 Å². The summed E-state index contributed by atoms with van der Waals surface area (Å²) in [6.07, 6.45) is 1.08. The van der Waals surface area contributed by atoms with Crippen LogP contribution in [-0.2, 0) is 31.3 Å². The summed E-state index contributed by atoms with van der Waals surface area (Å²) in [6.45, 7) is 11.3. The van der Waals surface area contributed by atoms with Gasteiger partial charge in [0, 0.05) is 55.9 Å². The van der Waals surface area contributed by atoms with Gasteiger partial charge in [0.05, 0.1) is 6.61 Å². The molecule has 0 fully saturated rings. The Morgan fingerprint density at radius 1 is 1.25 bits per heavy atom. The lowest BCUT2D eigenvalue weighted by Gasteiger charge is -2.13. The van der Waals surface area contributed by atoms with Crippen LogP contribution in [-0.4, -0.2) is 42.3 Å². The van der Waals surface area contributed by atoms with Gasteiger partial charge in [-0.2, -0.15) is 0 Å². The van der Waals surface area contributed by atoms with E-state index in [9.17, 15) is 0 Å². The highest BCUT2D eigenvalue weighted by atomic mass is 16.5. The molecule has 3 rings (SSSR count). The van der Waals surface area contributed by atoms with Crippen LogP contribution in [0.3, 0.4) is 0 Å². The highest BCUT2D eigenvalue weighted by Gasteiger charge is 2.22. The summed E-state index contributed by atoms with van der Waals surface area (Å²) in [5, 5.41) is 4.80. The van der Waals surface area contributed by atoms with Crippen molar-refractivity contribution in [3.8, 4) is 0 Å². The minimum atomic E-state index is 0.491. The van der Waals surface area contributed by atoms with E-state index in [0.29, 0.717) is 6.04 Å². The number of hydrogen-bond donors (Lipinski definition) is 1. The maximum Gasteiger partial charge on any atom is 0.0593 e. The van der Waals surface area contributed by atoms with Crippen LogP contribution in [0.5, 0.6) is 0 Å². The van der Waals surface area contributed by atoms with Crippen LogP contribution < -0.4 is 5.32 Å². The average Bonchev–Trinajstić information content (AvgIpc) is 3.07. The van der Waals surface area contributed by atoms with Gasteiger partial charge in [0.1, 0.15) is 0 Å². The molecule has 1 aliphatic heterocycles. The van der Waals surface area contributed by atoms with Gasteiger partial charge in [0.2, 0.25) is 0 Å². The zero-order valence-electron chi connectivity index (χ0n) is 15.8. The van der Waals surface area contributed by atoms with Crippen molar-refractivity contribution >= 4 is 10.9 Å². The van der Waals surface area contributed by atoms with Crippen LogP contribution in [0.4, 0.5) is 0 Å². The van der Waals surface area contributed by atoms with Crippen molar-refractivity contribution in [2.45, 2.75) is 46.3 Å². The van der Waals surface area contributed by atoms with Crippen LogP contribution in [0, 0.1) is 6.92 Å². The number of nitrogens with one attached hydrogen (secondary N) is 1. The Morgan fingerprint density at radius 3 is 2.62 bits per heavy atom. The van der Waals surface area contributed by atoms with E-state index < -0.39 is 0 Å². The van der Waals surface area contributed by atoms with Crippen LogP contribution >= 0.6 is 0 Å². The van der Waals surface area contributed by atoms with E-state index in [-0.39, 0.29) is 0 Å². The number of nitrogens with zero attached hydrogens (tertiary/aromatic N) is 2. The van der Waals surface area contributed by atoms with Crippen molar-refractivity contribution in [2.24, 2.45) is 7.05 Å². The first-order valence-electron chi connectivity index (χ1n) is 9.12. The van der Waals surface area contributed by atoms with Gasteiger partial charge >= 0.3 is 0 Å². The molecule has 1 aromatic carbocycles. The second-order valence-electron chi connectivity index (χ2n) is 7.06. The number of fused-ring (bicyclic) bond motifs is 2. The predicted molar refractivity (Wildman–Crippen MR) is 100 cm³/mol. The van der Waals surface area contributed by atoms with Gasteiger partial charge in [0.15, 0.2) is 0 Å². The molecular formula is C20H31N3O. The Hall–Kier alpha value is -1.36. The largest absolute Gasteiger partial charge is 0.380 e. The number of ether oxygens (including phenoxy) is 1. The quantitative estimate of drug-likeness (QED) is 0.792. The van der Waals surface area contributed by atoms with Gasteiger partial charge in [-0.15, -0.1) is 0 Å². The predicted octanol–water partition coefficient (Wildman–Crippen LogP) is 2.99. The van der Waals surface area contributed by atoms with Gasteiger partial charge in [0.25, 0.3) is 0 Å². The molecule has 4 heteroatoms. The Morgan fingerprint density at radius 2 is 1.96 bits per heavy atom. The second-order valence-corrected chi connectivity index (χ2v) is 7.06. The van der Waals surface area contributed by atoms with Crippen molar-refractivity contribution in [3.05, 3.63) is 34.5 Å². The summed E-state index contributed by atoms with van der Waals surface area (Å²) in [5.41, 5.74) is 7.22. The Kier molecular flexibility index (Phi) is 5.28. The number of benzene rings is 1. The van der Waals surface area contributed by atoms with E-state index in [1.165, 1.54) is 33.3 Å². The number of aryl methyl sites for hydroxylation is 1. The summed E-state index contributed by atoms with van der Waals surface area (Å²) in [5.74, 6) is 0. The molecule has 2 aromatic rings. The lowest BCUT2D eigenvalue weighted by Crippen LogP contribution is -2.23. The molecule has 1 unspecified atom stereocenters. The normalized spacial score (nSPS) is 16.0. The van der Waals surface area contributed by atoms with E-state index in [4.69, 9.17) is 4.74 Å². The molecule has 0 saturated heterocycles. The van der Waals surface area contributed by atoms with Crippen molar-refractivity contribution in [1.29, 1.82) is 0 Å². The number of likely N-dealkylation sites (N-methyl/N-ethyl adjacent to an activating group) is 1. The summed E-state index contributed by atoms with van der Waals surface area (Å²) in [7, 11) is 4.23. The van der Waals surface area contributed by atoms with Crippen LogP contribution in [0.1, 0.15) is 36.2 Å². The summed E-state index contributed by atoms with van der Waals surface area (Å²) >= 11 is 0. The van der Waals surface area contributed by atoms with E-state index in [1.54, 1.807) is 0 Å². The highest BCUT2D eigenvalue weighted by Crippen LogP contribution is 2.32. The molecule has 4 nitrogen and oxygen atoms in total. The van der Waals surface area contributed by atoms with Crippen molar-refractivity contribution < 1.29 is 4.74 Å². The number of rotatable bonds is 7. The molecular weight excluding hydrogens is 298 g/mol. The van der Waals surface area contributed by atoms with E-state index in [2.05, 4.69) is 54.7 Å². The number of hydrogen-bond acceptors (Lipinski definition) is 3. The van der Waals surface area contributed by atoms with Crippen molar-refractivity contribution in [3.63, 3.8) is 0 Å². The second kappa shape index (κ2) is 7.26. The molecule has 0 bridgehead atoms. The SMILES string of the molecule is CCOCCN1Cc2cc3c(CC(C)NC)c(C)n(C)c3cc2C1. The Labute approximate surface area is 145 Å². The first-order valence-corrected chi connectivity index (χ1v) is 9.12. The molecule has 1 N–H and O–H groups in total. The van der Waals surface area contributed by atoms with Gasteiger partial charge in [-0.1, -0.05) is 0 Å². The fourth-order valence-electron chi connectivity index (χ4n) is 3.77. The minimum Gasteiger partial charge on any atom is -0.380 e. The molecule has 1 aliphatic rings. The Balaban J connectivity index is 1.89. The number of aromatic nitrogens is 1. The standard InChI is InChI=1S/C20H31N3O/c1-6-24-8-7-23-12-16-10-19-18(9-14(2)21-4)15(3)22(5)20(19)11-17(16)13-23/h10-11,14,21H,6-9,12-13H2,1-5H3. The van der Waals surface area contributed by atoms with Crippen molar-refractivity contribution in [1.82, 2.24) is 14.8 Å². The third-order valence-electron chi connectivity index (χ3n) is 5.49. The topological polar surface area (TPSA) is 29.4 Å². The monoisotopic (exact) mass is 329 g/mol. The lowest BCUT2D eigenvalue weighted by molar-refractivity contribution is 0.113. The molecule has 2 heterocycles. The average molecular weight is 329 g/mol. The molecule has 0 radical (unpaired) electrons. The van der Waals surface area contributed by atoms with Gasteiger partial charge in [-0.05, 0) is 63.1 Å². The summed E-state index contributed by atoms with van der Waals surface area (Å²) in [4.78, 5) is 2.49. The summed E-state index contributed by atoms with van der Waals surface area (Å²) < 4.78 is 7.87. The van der Waals surface area contributed by atoms with Gasteiger partial charge in [-0.25, -0.2) is 0 Å². The molecule has 1 aromatic heterocycles. The third-order valence-corrected chi connectivity index (χ3v) is 5.49. The van der Waals surface area contributed by atoms with E-state index >= 15 is 0 Å². The van der Waals surface area contributed by atoms with Crippen LogP contribution in [0.2, 0.25) is 0 Å². The van der Waals surface area contributed by atoms with E-state index in [0.717, 1.165) is 39.3 Å². The lowest BCUT2D eigenvalue weighted by atomic mass is 10.0. The minimum absolute atomic E-state index is 0.491. The molecule has 0 spiro atoms. The molecule has 0 amide bonds. The maximum absolute atomic E-state index is 5.51. The fourth-order valence-corrected chi connectivity index (χ4v) is 3.77. The molecule has 0 saturated carbocycles. The van der Waals surface area contributed by atoms with Crippen LogP contribution in [0.15, 0.2) is 12.1 Å². The first kappa shape index (κ1) is 17.5. The summed E-state index contributed by atoms with van der Waals surface area (Å²) in [6, 6.07) is 5.34. The van der Waals surface area contributed by atoms with Crippen molar-refractivity contribution in [2.75, 3.05) is 26.8 Å². The highest BCUT2D eigenvalue weighted by molar-refractivity contribution is 5.87. The maximum atomic E-state index is 5.51. The molecule has 1 atom stereocenters. The smallest absolute Gasteiger partial charge is 0.0593 e. The molecule has 0 aliphatic carbocycles. The first-order chi connectivity index (χ1) is 11.5. The van der Waals surface area contributed by atoms with Gasteiger partial charge in [-0.3, -0.25) is 4.90 Å². The fraction of sp³-hybridized carbons (Fsp3) is 0.600.